The van der Waals surface area contributed by atoms with Gasteiger partial charge in [-0.1, -0.05) is 26.2 Å². The van der Waals surface area contributed by atoms with Crippen molar-refractivity contribution in [3.63, 3.8) is 0 Å². The van der Waals surface area contributed by atoms with Crippen LogP contribution in [0.15, 0.2) is 23.1 Å². The lowest BCUT2D eigenvalue weighted by atomic mass is 10.1. The van der Waals surface area contributed by atoms with Crippen molar-refractivity contribution in [1.29, 1.82) is 0 Å². The van der Waals surface area contributed by atoms with Crippen LogP contribution in [0.5, 0.6) is 0 Å². The first-order chi connectivity index (χ1) is 9.34. The van der Waals surface area contributed by atoms with Crippen molar-refractivity contribution in [3.8, 4) is 0 Å². The molecule has 1 aromatic carbocycles. The number of carbonyl (C=O) groups excluding carboxylic acids is 1. The fourth-order valence-corrected chi connectivity index (χ4v) is 2.74. The van der Waals surface area contributed by atoms with E-state index in [1.54, 1.807) is 13.0 Å². The van der Waals surface area contributed by atoms with Crippen LogP contribution < -0.4 is 5.32 Å². The van der Waals surface area contributed by atoms with Crippen molar-refractivity contribution in [2.24, 2.45) is 0 Å². The van der Waals surface area contributed by atoms with E-state index >= 15 is 0 Å². The number of nitrogens with one attached hydrogen (secondary N) is 1. The van der Waals surface area contributed by atoms with E-state index in [0.29, 0.717) is 17.7 Å². The van der Waals surface area contributed by atoms with Gasteiger partial charge < -0.3 is 5.32 Å². The molecular weight excluding hydrogens is 298 g/mol. The van der Waals surface area contributed by atoms with E-state index < -0.39 is 9.05 Å². The maximum absolute atomic E-state index is 12.0. The van der Waals surface area contributed by atoms with Crippen molar-refractivity contribution in [2.45, 2.75) is 44.4 Å². The van der Waals surface area contributed by atoms with Crippen LogP contribution in [0.3, 0.4) is 0 Å². The lowest BCUT2D eigenvalue weighted by molar-refractivity contribution is 0.0952. The van der Waals surface area contributed by atoms with E-state index in [2.05, 4.69) is 12.2 Å². The van der Waals surface area contributed by atoms with Crippen molar-refractivity contribution in [2.75, 3.05) is 6.54 Å². The molecule has 1 rings (SSSR count). The minimum Gasteiger partial charge on any atom is -0.352 e. The molecule has 20 heavy (non-hydrogen) atoms. The average molecular weight is 318 g/mol. The van der Waals surface area contributed by atoms with Gasteiger partial charge in [-0.2, -0.15) is 0 Å². The Morgan fingerprint density at radius 2 is 1.90 bits per heavy atom. The highest BCUT2D eigenvalue weighted by atomic mass is 35.7. The van der Waals surface area contributed by atoms with Crippen LogP contribution >= 0.6 is 10.7 Å². The zero-order chi connectivity index (χ0) is 15.2. The van der Waals surface area contributed by atoms with Gasteiger partial charge in [-0.05, 0) is 37.1 Å². The van der Waals surface area contributed by atoms with E-state index in [0.717, 1.165) is 25.7 Å². The maximum Gasteiger partial charge on any atom is 0.261 e. The fourth-order valence-electron chi connectivity index (χ4n) is 1.88. The van der Waals surface area contributed by atoms with E-state index in [1.807, 2.05) is 0 Å². The molecule has 0 bridgehead atoms. The molecule has 0 aliphatic heterocycles. The average Bonchev–Trinajstić information content (AvgIpc) is 2.36. The Labute approximate surface area is 124 Å². The molecule has 0 heterocycles. The summed E-state index contributed by atoms with van der Waals surface area (Å²) in [5.41, 5.74) is 1.00. The maximum atomic E-state index is 12.0. The lowest BCUT2D eigenvalue weighted by Gasteiger charge is -2.07. The first-order valence-electron chi connectivity index (χ1n) is 6.69. The van der Waals surface area contributed by atoms with Crippen LogP contribution in [0.1, 0.15) is 48.5 Å². The second-order valence-electron chi connectivity index (χ2n) is 4.79. The fraction of sp³-hybridized carbons (Fsp3) is 0.500. The molecule has 4 nitrogen and oxygen atoms in total. The van der Waals surface area contributed by atoms with Crippen LogP contribution in [-0.4, -0.2) is 20.9 Å². The van der Waals surface area contributed by atoms with E-state index in [9.17, 15) is 13.2 Å². The lowest BCUT2D eigenvalue weighted by Crippen LogP contribution is -2.24. The number of unbranched alkanes of at least 4 members (excludes halogenated alkanes) is 3. The quantitative estimate of drug-likeness (QED) is 0.620. The molecule has 0 fully saturated rings. The van der Waals surface area contributed by atoms with E-state index in [1.165, 1.54) is 12.1 Å². The number of aryl methyl sites for hydroxylation is 1. The normalized spacial score (nSPS) is 11.3. The summed E-state index contributed by atoms with van der Waals surface area (Å²) in [7, 11) is 1.49. The first-order valence-corrected chi connectivity index (χ1v) is 9.00. The molecule has 6 heteroatoms. The Kier molecular flexibility index (Phi) is 6.49. The molecule has 0 radical (unpaired) electrons. The van der Waals surface area contributed by atoms with Crippen LogP contribution in [0.25, 0.3) is 0 Å². The molecule has 0 atom stereocenters. The van der Waals surface area contributed by atoms with Crippen molar-refractivity contribution in [1.82, 2.24) is 5.32 Å². The largest absolute Gasteiger partial charge is 0.352 e. The van der Waals surface area contributed by atoms with E-state index in [-0.39, 0.29) is 10.8 Å². The number of halogens is 1. The first kappa shape index (κ1) is 17.0. The summed E-state index contributed by atoms with van der Waals surface area (Å²) in [6, 6.07) is 4.39. The summed E-state index contributed by atoms with van der Waals surface area (Å²) in [5, 5.41) is 2.79. The van der Waals surface area contributed by atoms with Crippen molar-refractivity contribution in [3.05, 3.63) is 29.3 Å². The Morgan fingerprint density at radius 3 is 2.50 bits per heavy atom. The summed E-state index contributed by atoms with van der Waals surface area (Å²) >= 11 is 0. The van der Waals surface area contributed by atoms with Crippen molar-refractivity contribution >= 4 is 25.6 Å². The summed E-state index contributed by atoms with van der Waals surface area (Å²) in [6.07, 6.45) is 4.29. The number of hydrogen-bond donors (Lipinski definition) is 1. The highest BCUT2D eigenvalue weighted by molar-refractivity contribution is 8.13. The van der Waals surface area contributed by atoms with Gasteiger partial charge in [0.05, 0.1) is 4.90 Å². The summed E-state index contributed by atoms with van der Waals surface area (Å²) in [5.74, 6) is -0.272. The molecule has 1 aromatic rings. The van der Waals surface area contributed by atoms with Crippen LogP contribution in [0.4, 0.5) is 0 Å². The monoisotopic (exact) mass is 317 g/mol. The smallest absolute Gasteiger partial charge is 0.261 e. The molecule has 0 spiro atoms. The van der Waals surface area contributed by atoms with Gasteiger partial charge >= 0.3 is 0 Å². The zero-order valence-electron chi connectivity index (χ0n) is 11.8. The van der Waals surface area contributed by atoms with Gasteiger partial charge in [0.15, 0.2) is 0 Å². The van der Waals surface area contributed by atoms with Gasteiger partial charge in [0.25, 0.3) is 15.0 Å². The zero-order valence-corrected chi connectivity index (χ0v) is 13.4. The number of amides is 1. The molecule has 0 aliphatic carbocycles. The SMILES string of the molecule is CCCCCCNC(=O)c1cc(C)cc(S(=O)(=O)Cl)c1. The topological polar surface area (TPSA) is 63.2 Å². The Bertz CT molecular complexity index is 570. The molecular formula is C14H20ClNO3S. The number of rotatable bonds is 7. The molecule has 0 aliphatic rings. The predicted molar refractivity (Wildman–Crippen MR) is 80.7 cm³/mol. The van der Waals surface area contributed by atoms with Gasteiger partial charge in [-0.15, -0.1) is 0 Å². The Hall–Kier alpha value is -1.07. The molecule has 1 N–H and O–H groups in total. The third-order valence-electron chi connectivity index (χ3n) is 2.91. The Morgan fingerprint density at radius 1 is 1.20 bits per heavy atom. The molecule has 0 saturated heterocycles. The minimum atomic E-state index is -3.82. The van der Waals surface area contributed by atoms with Gasteiger partial charge in [0, 0.05) is 22.8 Å². The third kappa shape index (κ3) is 5.51. The Balaban J connectivity index is 2.71. The molecule has 0 aromatic heterocycles. The van der Waals surface area contributed by atoms with Gasteiger partial charge in [0.2, 0.25) is 0 Å². The standard InChI is InChI=1S/C14H20ClNO3S/c1-3-4-5-6-7-16-14(17)12-8-11(2)9-13(10-12)20(15,18)19/h8-10H,3-7H2,1-2H3,(H,16,17). The predicted octanol–water partition coefficient (Wildman–Crippen LogP) is 3.23. The van der Waals surface area contributed by atoms with E-state index in [4.69, 9.17) is 10.7 Å². The number of carbonyl (C=O) groups is 1. The second-order valence-corrected chi connectivity index (χ2v) is 7.36. The molecule has 0 unspecified atom stereocenters. The van der Waals surface area contributed by atoms with Crippen molar-refractivity contribution < 1.29 is 13.2 Å². The third-order valence-corrected chi connectivity index (χ3v) is 4.24. The van der Waals surface area contributed by atoms with Gasteiger partial charge in [0.1, 0.15) is 0 Å². The van der Waals surface area contributed by atoms with Crippen LogP contribution in [0, 0.1) is 6.92 Å². The molecule has 0 saturated carbocycles. The highest BCUT2D eigenvalue weighted by Gasteiger charge is 2.14. The number of benzene rings is 1. The summed E-state index contributed by atoms with van der Waals surface area (Å²) < 4.78 is 22.7. The second kappa shape index (κ2) is 7.64. The van der Waals surface area contributed by atoms with Gasteiger partial charge in [-0.3, -0.25) is 4.79 Å². The highest BCUT2D eigenvalue weighted by Crippen LogP contribution is 2.18. The van der Waals surface area contributed by atoms with Crippen LogP contribution in [0.2, 0.25) is 0 Å². The van der Waals surface area contributed by atoms with Crippen LogP contribution in [-0.2, 0) is 9.05 Å². The summed E-state index contributed by atoms with van der Waals surface area (Å²) in [6.45, 7) is 4.44. The number of hydrogen-bond acceptors (Lipinski definition) is 3. The molecule has 1 amide bonds. The summed E-state index contributed by atoms with van der Waals surface area (Å²) in [4.78, 5) is 11.9. The minimum absolute atomic E-state index is 0.0460. The molecule has 112 valence electrons. The van der Waals surface area contributed by atoms with Gasteiger partial charge in [-0.25, -0.2) is 8.42 Å².